The summed E-state index contributed by atoms with van der Waals surface area (Å²) >= 11 is 5.88. The van der Waals surface area contributed by atoms with Crippen LogP contribution in [0.3, 0.4) is 0 Å². The second-order valence-electron chi connectivity index (χ2n) is 11.2. The Hall–Kier alpha value is -4.21. The number of thiocarbonyl (C=S) groups is 1. The average Bonchev–Trinajstić information content (AvgIpc) is 3.52. The highest BCUT2D eigenvalue weighted by atomic mass is 32.1. The first-order valence-corrected chi connectivity index (χ1v) is 15.3. The zero-order valence-electron chi connectivity index (χ0n) is 24.9. The van der Waals surface area contributed by atoms with Crippen molar-refractivity contribution in [1.29, 1.82) is 0 Å². The molecule has 2 saturated heterocycles. The van der Waals surface area contributed by atoms with E-state index in [0.29, 0.717) is 18.1 Å². The molecule has 0 bridgehead atoms. The third-order valence-electron chi connectivity index (χ3n) is 8.47. The van der Waals surface area contributed by atoms with E-state index in [-0.39, 0.29) is 18.0 Å². The van der Waals surface area contributed by atoms with Crippen LogP contribution in [0.5, 0.6) is 0 Å². The van der Waals surface area contributed by atoms with Crippen LogP contribution in [0, 0.1) is 20.8 Å². The molecule has 1 amide bonds. The monoisotopic (exact) mass is 594 g/mol. The van der Waals surface area contributed by atoms with Gasteiger partial charge in [-0.3, -0.25) is 9.78 Å². The molecule has 2 fully saturated rings. The largest absolute Gasteiger partial charge is 0.378 e. The van der Waals surface area contributed by atoms with Gasteiger partial charge in [-0.2, -0.15) is 0 Å². The highest BCUT2D eigenvalue weighted by Crippen LogP contribution is 2.41. The maximum Gasteiger partial charge on any atom is 0.226 e. The second kappa shape index (κ2) is 12.6. The molecule has 4 heterocycles. The fourth-order valence-corrected chi connectivity index (χ4v) is 6.58. The van der Waals surface area contributed by atoms with E-state index in [2.05, 4.69) is 74.2 Å². The molecule has 6 rings (SSSR count). The van der Waals surface area contributed by atoms with Gasteiger partial charge in [0.05, 0.1) is 31.0 Å². The topological polar surface area (TPSA) is 74.7 Å². The maximum atomic E-state index is 13.0. The van der Waals surface area contributed by atoms with Crippen molar-refractivity contribution in [2.45, 2.75) is 39.3 Å². The molecule has 0 saturated carbocycles. The van der Waals surface area contributed by atoms with Crippen molar-refractivity contribution >= 4 is 34.6 Å². The van der Waals surface area contributed by atoms with Crippen molar-refractivity contribution in [2.75, 3.05) is 43.1 Å². The molecule has 9 heteroatoms. The van der Waals surface area contributed by atoms with E-state index < -0.39 is 0 Å². The van der Waals surface area contributed by atoms with Gasteiger partial charge < -0.3 is 29.7 Å². The van der Waals surface area contributed by atoms with Gasteiger partial charge in [0.1, 0.15) is 0 Å². The normalized spacial score (nSPS) is 18.5. The number of rotatable bonds is 8. The molecule has 0 radical (unpaired) electrons. The molecule has 2 aliphatic heterocycles. The number of benzene rings is 2. The molecule has 2 atom stereocenters. The van der Waals surface area contributed by atoms with E-state index in [0.717, 1.165) is 65.9 Å². The fourth-order valence-electron chi connectivity index (χ4n) is 6.25. The number of para-hydroxylation sites is 1. The Morgan fingerprint density at radius 2 is 1.72 bits per heavy atom. The first kappa shape index (κ1) is 28.9. The minimum Gasteiger partial charge on any atom is -0.378 e. The van der Waals surface area contributed by atoms with Crippen molar-refractivity contribution < 1.29 is 9.53 Å². The highest BCUT2D eigenvalue weighted by Gasteiger charge is 2.41. The van der Waals surface area contributed by atoms with Crippen molar-refractivity contribution in [2.24, 2.45) is 0 Å². The van der Waals surface area contributed by atoms with E-state index in [4.69, 9.17) is 17.0 Å². The molecule has 0 aliphatic carbocycles. The van der Waals surface area contributed by atoms with Gasteiger partial charge in [-0.05, 0) is 92.6 Å². The smallest absolute Gasteiger partial charge is 0.226 e. The number of aryl methyl sites for hydroxylation is 2. The van der Waals surface area contributed by atoms with Gasteiger partial charge in [0, 0.05) is 60.7 Å². The van der Waals surface area contributed by atoms with Crippen LogP contribution < -0.4 is 15.5 Å². The molecular formula is C34H38N6O2S. The minimum atomic E-state index is -0.147. The van der Waals surface area contributed by atoms with Crippen LogP contribution in [-0.2, 0) is 9.53 Å². The lowest BCUT2D eigenvalue weighted by molar-refractivity contribution is -0.116. The Morgan fingerprint density at radius 1 is 1.00 bits per heavy atom. The number of nitrogens with one attached hydrogen (secondary N) is 2. The number of pyridine rings is 1. The molecular weight excluding hydrogens is 556 g/mol. The molecule has 222 valence electrons. The number of carbonyl (C=O) groups is 1. The average molecular weight is 595 g/mol. The van der Waals surface area contributed by atoms with Crippen molar-refractivity contribution in [3.05, 3.63) is 107 Å². The zero-order valence-corrected chi connectivity index (χ0v) is 25.7. The van der Waals surface area contributed by atoms with Crippen LogP contribution in [0.1, 0.15) is 46.7 Å². The van der Waals surface area contributed by atoms with Crippen molar-refractivity contribution in [1.82, 2.24) is 19.8 Å². The standard InChI is InChI=1S/C34H38N6O2S/c1-23-8-4-5-9-29(23)36-31(41)15-17-39-33(32(37-34(39)43)30-10-6-7-16-35-30)28-22-24(2)40(25(28)3)27-13-11-26(12-14-27)38-18-20-42-21-19-38/h4-14,16,22,32-33H,15,17-21H2,1-3H3,(H,36,41)(H,37,43)/t32-,33+/m1/s1. The maximum absolute atomic E-state index is 13.0. The summed E-state index contributed by atoms with van der Waals surface area (Å²) in [6, 6.07) is 24.5. The summed E-state index contributed by atoms with van der Waals surface area (Å²) in [5.74, 6) is -0.0389. The lowest BCUT2D eigenvalue weighted by atomic mass is 9.96. The quantitative estimate of drug-likeness (QED) is 0.256. The van der Waals surface area contributed by atoms with E-state index in [9.17, 15) is 4.79 Å². The number of morpholine rings is 1. The number of nitrogens with zero attached hydrogens (tertiary/aromatic N) is 4. The molecule has 4 aromatic rings. The number of hydrogen-bond acceptors (Lipinski definition) is 5. The third-order valence-corrected chi connectivity index (χ3v) is 8.82. The first-order chi connectivity index (χ1) is 20.9. The Balaban J connectivity index is 1.29. The SMILES string of the molecule is Cc1ccccc1NC(=O)CCN1C(=S)N[C@H](c2ccccn2)[C@@H]1c1cc(C)n(-c2ccc(N3CCOCC3)cc2)c1C. The van der Waals surface area contributed by atoms with Crippen LogP contribution >= 0.6 is 12.2 Å². The predicted octanol–water partition coefficient (Wildman–Crippen LogP) is 5.64. The van der Waals surface area contributed by atoms with Crippen molar-refractivity contribution in [3.8, 4) is 5.69 Å². The van der Waals surface area contributed by atoms with E-state index in [1.165, 1.54) is 5.69 Å². The number of anilines is 2. The fraction of sp³-hybridized carbons (Fsp3) is 0.324. The molecule has 43 heavy (non-hydrogen) atoms. The first-order valence-electron chi connectivity index (χ1n) is 14.9. The lowest BCUT2D eigenvalue weighted by Crippen LogP contribution is -2.36. The van der Waals surface area contributed by atoms with Crippen LogP contribution in [-0.4, -0.2) is 58.3 Å². The molecule has 8 nitrogen and oxygen atoms in total. The molecule has 2 aliphatic rings. The lowest BCUT2D eigenvalue weighted by Gasteiger charge is -2.29. The van der Waals surface area contributed by atoms with E-state index in [1.54, 1.807) is 0 Å². The van der Waals surface area contributed by atoms with Gasteiger partial charge in [-0.25, -0.2) is 0 Å². The molecule has 2 N–H and O–H groups in total. The number of hydrogen-bond donors (Lipinski definition) is 2. The summed E-state index contributed by atoms with van der Waals surface area (Å²) in [7, 11) is 0. The number of aromatic nitrogens is 2. The molecule has 2 aromatic carbocycles. The Morgan fingerprint density at radius 3 is 2.44 bits per heavy atom. The van der Waals surface area contributed by atoms with Crippen LogP contribution in [0.4, 0.5) is 11.4 Å². The minimum absolute atomic E-state index is 0.0389. The summed E-state index contributed by atoms with van der Waals surface area (Å²) in [5.41, 5.74) is 8.56. The van der Waals surface area contributed by atoms with Crippen LogP contribution in [0.2, 0.25) is 0 Å². The highest BCUT2D eigenvalue weighted by molar-refractivity contribution is 7.80. The number of carbonyl (C=O) groups excluding carboxylic acids is 1. The summed E-state index contributed by atoms with van der Waals surface area (Å²) in [6.45, 7) is 10.1. The van der Waals surface area contributed by atoms with Gasteiger partial charge in [0.15, 0.2) is 5.11 Å². The van der Waals surface area contributed by atoms with Crippen LogP contribution in [0.25, 0.3) is 5.69 Å². The summed E-state index contributed by atoms with van der Waals surface area (Å²) < 4.78 is 7.83. The van der Waals surface area contributed by atoms with Gasteiger partial charge in [-0.15, -0.1) is 0 Å². The van der Waals surface area contributed by atoms with Gasteiger partial charge in [0.2, 0.25) is 5.91 Å². The predicted molar refractivity (Wildman–Crippen MR) is 175 cm³/mol. The van der Waals surface area contributed by atoms with Crippen LogP contribution in [0.15, 0.2) is 79.0 Å². The molecule has 0 unspecified atom stereocenters. The Kier molecular flexibility index (Phi) is 8.44. The molecule has 2 aromatic heterocycles. The van der Waals surface area contributed by atoms with E-state index in [1.807, 2.05) is 55.6 Å². The number of amides is 1. The van der Waals surface area contributed by atoms with Crippen molar-refractivity contribution in [3.63, 3.8) is 0 Å². The van der Waals surface area contributed by atoms with Gasteiger partial charge in [-0.1, -0.05) is 24.3 Å². The summed E-state index contributed by atoms with van der Waals surface area (Å²) in [6.07, 6.45) is 2.12. The third kappa shape index (κ3) is 6.00. The number of ether oxygens (including phenoxy) is 1. The Labute approximate surface area is 258 Å². The van der Waals surface area contributed by atoms with Gasteiger partial charge in [0.25, 0.3) is 0 Å². The Bertz CT molecular complexity index is 1600. The summed E-state index contributed by atoms with van der Waals surface area (Å²) in [5, 5.41) is 7.22. The molecule has 0 spiro atoms. The van der Waals surface area contributed by atoms with E-state index >= 15 is 0 Å². The van der Waals surface area contributed by atoms with Gasteiger partial charge >= 0.3 is 0 Å². The zero-order chi connectivity index (χ0) is 29.9. The second-order valence-corrected chi connectivity index (χ2v) is 11.6. The summed E-state index contributed by atoms with van der Waals surface area (Å²) in [4.78, 5) is 22.3.